The van der Waals surface area contributed by atoms with Gasteiger partial charge in [0.1, 0.15) is 11.5 Å². The van der Waals surface area contributed by atoms with Gasteiger partial charge in [-0.2, -0.15) is 4.31 Å². The Kier molecular flexibility index (Phi) is 7.33. The quantitative estimate of drug-likeness (QED) is 0.658. The summed E-state index contributed by atoms with van der Waals surface area (Å²) in [6, 6.07) is 12.4. The van der Waals surface area contributed by atoms with Crippen LogP contribution in [0.1, 0.15) is 24.0 Å². The van der Waals surface area contributed by atoms with Crippen molar-refractivity contribution in [1.29, 1.82) is 0 Å². The van der Waals surface area contributed by atoms with Crippen LogP contribution in [0.2, 0.25) is 0 Å². The zero-order valence-corrected chi connectivity index (χ0v) is 18.2. The van der Waals surface area contributed by atoms with E-state index in [0.29, 0.717) is 37.4 Å². The van der Waals surface area contributed by atoms with Crippen molar-refractivity contribution in [3.8, 4) is 11.5 Å². The first kappa shape index (κ1) is 22.1. The highest BCUT2D eigenvalue weighted by molar-refractivity contribution is 7.89. The fourth-order valence-electron chi connectivity index (χ4n) is 3.35. The minimum atomic E-state index is -3.46. The number of carbonyl (C=O) groups is 1. The molecular formula is C22H28N2O5S. The van der Waals surface area contributed by atoms with E-state index >= 15 is 0 Å². The Hall–Kier alpha value is -2.58. The van der Waals surface area contributed by atoms with E-state index in [1.165, 1.54) is 10.4 Å². The molecule has 0 unspecified atom stereocenters. The zero-order valence-electron chi connectivity index (χ0n) is 17.4. The molecule has 1 N–H and O–H groups in total. The number of sulfonamides is 1. The Morgan fingerprint density at radius 3 is 2.43 bits per heavy atom. The monoisotopic (exact) mass is 432 g/mol. The summed E-state index contributed by atoms with van der Waals surface area (Å²) in [4.78, 5) is 12.3. The van der Waals surface area contributed by atoms with Gasteiger partial charge in [0.05, 0.1) is 12.0 Å². The normalized spacial score (nSPS) is 14.5. The van der Waals surface area contributed by atoms with Gasteiger partial charge in [-0.05, 0) is 67.6 Å². The van der Waals surface area contributed by atoms with Crippen LogP contribution in [0.15, 0.2) is 47.4 Å². The summed E-state index contributed by atoms with van der Waals surface area (Å²) in [6.45, 7) is 3.29. The average molecular weight is 433 g/mol. The summed E-state index contributed by atoms with van der Waals surface area (Å²) in [6.07, 6.45) is 2.50. The minimum Gasteiger partial charge on any atom is -0.497 e. The van der Waals surface area contributed by atoms with Gasteiger partial charge in [0.25, 0.3) is 5.91 Å². The smallest absolute Gasteiger partial charge is 0.257 e. The van der Waals surface area contributed by atoms with E-state index in [-0.39, 0.29) is 17.4 Å². The summed E-state index contributed by atoms with van der Waals surface area (Å²) >= 11 is 0. The lowest BCUT2D eigenvalue weighted by Gasteiger charge is -2.17. The Balaban J connectivity index is 1.48. The van der Waals surface area contributed by atoms with E-state index < -0.39 is 10.0 Å². The minimum absolute atomic E-state index is 0.123. The van der Waals surface area contributed by atoms with Gasteiger partial charge in [0, 0.05) is 19.6 Å². The summed E-state index contributed by atoms with van der Waals surface area (Å²) in [5.41, 5.74) is 1.78. The number of ether oxygens (including phenoxy) is 2. The van der Waals surface area contributed by atoms with Crippen LogP contribution < -0.4 is 14.8 Å². The van der Waals surface area contributed by atoms with Gasteiger partial charge in [-0.25, -0.2) is 8.42 Å². The van der Waals surface area contributed by atoms with Crippen molar-refractivity contribution >= 4 is 15.9 Å². The van der Waals surface area contributed by atoms with Crippen LogP contribution in [0.25, 0.3) is 0 Å². The predicted octanol–water partition coefficient (Wildman–Crippen LogP) is 2.53. The summed E-state index contributed by atoms with van der Waals surface area (Å²) in [7, 11) is -1.84. The molecule has 7 nitrogen and oxygen atoms in total. The number of benzene rings is 2. The molecule has 0 aliphatic carbocycles. The lowest BCUT2D eigenvalue weighted by molar-refractivity contribution is -0.123. The number of nitrogens with zero attached hydrogens (tertiary/aromatic N) is 1. The maximum absolute atomic E-state index is 12.6. The van der Waals surface area contributed by atoms with Crippen LogP contribution in [0.3, 0.4) is 0 Å². The SMILES string of the molecule is COc1ccc(CCNC(=O)COc2ccc(S(=O)(=O)N3CCCC3)cc2C)cc1. The molecule has 1 heterocycles. The topological polar surface area (TPSA) is 84.9 Å². The van der Waals surface area contributed by atoms with Gasteiger partial charge in [-0.3, -0.25) is 4.79 Å². The second-order valence-electron chi connectivity index (χ2n) is 7.28. The van der Waals surface area contributed by atoms with Crippen molar-refractivity contribution in [1.82, 2.24) is 9.62 Å². The molecule has 30 heavy (non-hydrogen) atoms. The van der Waals surface area contributed by atoms with Crippen molar-refractivity contribution in [2.24, 2.45) is 0 Å². The van der Waals surface area contributed by atoms with Gasteiger partial charge >= 0.3 is 0 Å². The largest absolute Gasteiger partial charge is 0.497 e. The lowest BCUT2D eigenvalue weighted by Crippen LogP contribution is -2.30. The van der Waals surface area contributed by atoms with Crippen molar-refractivity contribution in [3.05, 3.63) is 53.6 Å². The number of hydrogen-bond acceptors (Lipinski definition) is 5. The molecule has 0 saturated carbocycles. The van der Waals surface area contributed by atoms with Crippen LogP contribution in [0.5, 0.6) is 11.5 Å². The van der Waals surface area contributed by atoms with Crippen LogP contribution in [-0.4, -0.2) is 52.0 Å². The second-order valence-corrected chi connectivity index (χ2v) is 9.21. The fraction of sp³-hybridized carbons (Fsp3) is 0.409. The highest BCUT2D eigenvalue weighted by Gasteiger charge is 2.27. The van der Waals surface area contributed by atoms with Crippen LogP contribution in [0.4, 0.5) is 0 Å². The number of rotatable bonds is 9. The van der Waals surface area contributed by atoms with Gasteiger partial charge in [0.2, 0.25) is 10.0 Å². The molecular weight excluding hydrogens is 404 g/mol. The Morgan fingerprint density at radius 1 is 1.10 bits per heavy atom. The average Bonchev–Trinajstić information content (AvgIpc) is 3.29. The molecule has 0 atom stereocenters. The molecule has 0 aromatic heterocycles. The van der Waals surface area contributed by atoms with Crippen LogP contribution in [-0.2, 0) is 21.2 Å². The molecule has 1 saturated heterocycles. The van der Waals surface area contributed by atoms with E-state index in [1.807, 2.05) is 24.3 Å². The van der Waals surface area contributed by atoms with Crippen molar-refractivity contribution in [2.45, 2.75) is 31.1 Å². The third-order valence-corrected chi connectivity index (χ3v) is 7.00. The van der Waals surface area contributed by atoms with Gasteiger partial charge in [0.15, 0.2) is 6.61 Å². The Morgan fingerprint density at radius 2 is 1.80 bits per heavy atom. The summed E-state index contributed by atoms with van der Waals surface area (Å²) in [5.74, 6) is 1.07. The molecule has 162 valence electrons. The van der Waals surface area contributed by atoms with Gasteiger partial charge < -0.3 is 14.8 Å². The molecule has 0 radical (unpaired) electrons. The van der Waals surface area contributed by atoms with Crippen LogP contribution >= 0.6 is 0 Å². The van der Waals surface area contributed by atoms with E-state index in [0.717, 1.165) is 24.2 Å². The third-order valence-electron chi connectivity index (χ3n) is 5.10. The van der Waals surface area contributed by atoms with Crippen molar-refractivity contribution < 1.29 is 22.7 Å². The number of hydrogen-bond donors (Lipinski definition) is 1. The highest BCUT2D eigenvalue weighted by atomic mass is 32.2. The zero-order chi connectivity index (χ0) is 21.6. The maximum atomic E-state index is 12.6. The van der Waals surface area contributed by atoms with Crippen LogP contribution in [0, 0.1) is 6.92 Å². The van der Waals surface area contributed by atoms with E-state index in [9.17, 15) is 13.2 Å². The van der Waals surface area contributed by atoms with Crippen molar-refractivity contribution in [2.75, 3.05) is 33.4 Å². The first-order chi connectivity index (χ1) is 14.4. The number of amides is 1. The molecule has 0 bridgehead atoms. The fourth-order valence-corrected chi connectivity index (χ4v) is 4.96. The lowest BCUT2D eigenvalue weighted by atomic mass is 10.1. The second kappa shape index (κ2) is 9.95. The van der Waals surface area contributed by atoms with Crippen molar-refractivity contribution in [3.63, 3.8) is 0 Å². The van der Waals surface area contributed by atoms with Gasteiger partial charge in [-0.15, -0.1) is 0 Å². The molecule has 1 aliphatic rings. The van der Waals surface area contributed by atoms with Gasteiger partial charge in [-0.1, -0.05) is 12.1 Å². The first-order valence-electron chi connectivity index (χ1n) is 10.0. The molecule has 1 amide bonds. The first-order valence-corrected chi connectivity index (χ1v) is 11.5. The number of aryl methyl sites for hydroxylation is 1. The van der Waals surface area contributed by atoms with E-state index in [2.05, 4.69) is 5.32 Å². The molecule has 1 fully saturated rings. The number of carbonyl (C=O) groups excluding carboxylic acids is 1. The Labute approximate surface area is 178 Å². The summed E-state index contributed by atoms with van der Waals surface area (Å²) < 4.78 is 37.5. The highest BCUT2D eigenvalue weighted by Crippen LogP contribution is 2.26. The molecule has 1 aliphatic heterocycles. The van der Waals surface area contributed by atoms with E-state index in [1.54, 1.807) is 26.2 Å². The Bertz CT molecular complexity index is 968. The third kappa shape index (κ3) is 5.52. The molecule has 8 heteroatoms. The molecule has 3 rings (SSSR count). The molecule has 2 aromatic carbocycles. The predicted molar refractivity (Wildman–Crippen MR) is 114 cm³/mol. The number of methoxy groups -OCH3 is 1. The summed E-state index contributed by atoms with van der Waals surface area (Å²) in [5, 5.41) is 2.82. The number of nitrogens with one attached hydrogen (secondary N) is 1. The molecule has 2 aromatic rings. The van der Waals surface area contributed by atoms with E-state index in [4.69, 9.17) is 9.47 Å². The maximum Gasteiger partial charge on any atom is 0.257 e. The standard InChI is InChI=1S/C22H28N2O5S/c1-17-15-20(30(26,27)24-13-3-4-14-24)9-10-21(17)29-16-22(25)23-12-11-18-5-7-19(28-2)8-6-18/h5-10,15H,3-4,11-14,16H2,1-2H3,(H,23,25). The molecule has 0 spiro atoms.